The third kappa shape index (κ3) is 4.82. The van der Waals surface area contributed by atoms with Crippen molar-refractivity contribution in [3.05, 3.63) is 22.7 Å². The highest BCUT2D eigenvalue weighted by Crippen LogP contribution is 2.36. The van der Waals surface area contributed by atoms with Crippen LogP contribution >= 0.6 is 15.9 Å². The third-order valence-corrected chi connectivity index (χ3v) is 8.76. The predicted octanol–water partition coefficient (Wildman–Crippen LogP) is 4.43. The van der Waals surface area contributed by atoms with Gasteiger partial charge >= 0.3 is 0 Å². The van der Waals surface area contributed by atoms with Gasteiger partial charge in [-0.1, -0.05) is 20.8 Å². The Hall–Kier alpha value is -0.523. The van der Waals surface area contributed by atoms with Gasteiger partial charge in [0.2, 0.25) is 0 Å². The van der Waals surface area contributed by atoms with Crippen LogP contribution in [0.2, 0.25) is 18.1 Å². The van der Waals surface area contributed by atoms with Crippen LogP contribution in [0.4, 0.5) is 5.69 Å². The molecule has 0 saturated carbocycles. The van der Waals surface area contributed by atoms with Crippen LogP contribution < -0.4 is 10.5 Å². The van der Waals surface area contributed by atoms with Gasteiger partial charge in [0.25, 0.3) is 0 Å². The van der Waals surface area contributed by atoms with Gasteiger partial charge in [0.1, 0.15) is 12.4 Å². The summed E-state index contributed by atoms with van der Waals surface area (Å²) in [5, 5.41) is 0.227. The summed E-state index contributed by atoms with van der Waals surface area (Å²) in [6, 6.07) is 5.54. The first-order valence-corrected chi connectivity index (χ1v) is 10.2. The number of hydrogen-bond donors (Lipinski definition) is 1. The van der Waals surface area contributed by atoms with Gasteiger partial charge < -0.3 is 14.9 Å². The molecule has 3 nitrogen and oxygen atoms in total. The van der Waals surface area contributed by atoms with Crippen molar-refractivity contribution in [3.8, 4) is 5.75 Å². The van der Waals surface area contributed by atoms with Gasteiger partial charge in [0.05, 0.1) is 11.1 Å². The lowest BCUT2D eigenvalue weighted by molar-refractivity contribution is 0.203. The molecule has 0 heterocycles. The molecule has 0 bridgehead atoms. The first-order chi connectivity index (χ1) is 8.63. The second-order valence-electron chi connectivity index (χ2n) is 6.15. The number of hydrogen-bond acceptors (Lipinski definition) is 3. The summed E-state index contributed by atoms with van der Waals surface area (Å²) in [5.41, 5.74) is 6.43. The summed E-state index contributed by atoms with van der Waals surface area (Å²) >= 11 is 3.44. The largest absolute Gasteiger partial charge is 0.490 e. The average molecular weight is 346 g/mol. The molecule has 0 spiro atoms. The van der Waals surface area contributed by atoms with Gasteiger partial charge in [-0.05, 0) is 46.2 Å². The smallest absolute Gasteiger partial charge is 0.192 e. The minimum atomic E-state index is -1.68. The van der Waals surface area contributed by atoms with Crippen LogP contribution in [0.5, 0.6) is 5.75 Å². The fourth-order valence-electron chi connectivity index (χ4n) is 1.30. The van der Waals surface area contributed by atoms with E-state index in [1.165, 1.54) is 0 Å². The van der Waals surface area contributed by atoms with E-state index in [9.17, 15) is 0 Å². The monoisotopic (exact) mass is 345 g/mol. The van der Waals surface area contributed by atoms with Crippen LogP contribution in [0.1, 0.15) is 20.8 Å². The van der Waals surface area contributed by atoms with Gasteiger partial charge in [-0.2, -0.15) is 0 Å². The number of halogens is 1. The van der Waals surface area contributed by atoms with E-state index in [0.29, 0.717) is 18.9 Å². The molecule has 1 rings (SSSR count). The van der Waals surface area contributed by atoms with Crippen molar-refractivity contribution in [1.82, 2.24) is 0 Å². The minimum absolute atomic E-state index is 0.227. The lowest BCUT2D eigenvalue weighted by Crippen LogP contribution is -2.41. The van der Waals surface area contributed by atoms with E-state index in [0.717, 1.165) is 10.2 Å². The molecule has 0 aliphatic carbocycles. The lowest BCUT2D eigenvalue weighted by Gasteiger charge is -2.36. The second-order valence-corrected chi connectivity index (χ2v) is 11.8. The average Bonchev–Trinajstić information content (AvgIpc) is 2.27. The molecule has 0 aliphatic rings. The van der Waals surface area contributed by atoms with E-state index in [2.05, 4.69) is 49.8 Å². The molecular weight excluding hydrogens is 322 g/mol. The highest BCUT2D eigenvalue weighted by atomic mass is 79.9. The third-order valence-electron chi connectivity index (χ3n) is 3.57. The summed E-state index contributed by atoms with van der Waals surface area (Å²) < 4.78 is 12.7. The zero-order valence-electron chi connectivity index (χ0n) is 12.4. The maximum atomic E-state index is 6.05. The van der Waals surface area contributed by atoms with Crippen LogP contribution in [-0.2, 0) is 4.43 Å². The quantitative estimate of drug-likeness (QED) is 0.487. The molecule has 0 amide bonds. The molecule has 108 valence electrons. The van der Waals surface area contributed by atoms with E-state index < -0.39 is 8.32 Å². The number of ether oxygens (including phenoxy) is 1. The minimum Gasteiger partial charge on any atom is -0.490 e. The predicted molar refractivity (Wildman–Crippen MR) is 87.2 cm³/mol. The van der Waals surface area contributed by atoms with Gasteiger partial charge in [0.15, 0.2) is 8.32 Å². The molecule has 0 unspecified atom stereocenters. The maximum Gasteiger partial charge on any atom is 0.192 e. The van der Waals surface area contributed by atoms with Gasteiger partial charge in [-0.3, -0.25) is 0 Å². The van der Waals surface area contributed by atoms with Crippen LogP contribution in [0, 0.1) is 0 Å². The first kappa shape index (κ1) is 16.5. The number of rotatable bonds is 5. The molecule has 0 atom stereocenters. The summed E-state index contributed by atoms with van der Waals surface area (Å²) in [4.78, 5) is 0. The van der Waals surface area contributed by atoms with E-state index in [1.54, 1.807) is 0 Å². The first-order valence-electron chi connectivity index (χ1n) is 6.45. The Bertz CT molecular complexity index is 430. The van der Waals surface area contributed by atoms with Crippen LogP contribution in [0.15, 0.2) is 22.7 Å². The van der Waals surface area contributed by atoms with Crippen LogP contribution in [0.25, 0.3) is 0 Å². The van der Waals surface area contributed by atoms with Gasteiger partial charge in [-0.25, -0.2) is 0 Å². The molecule has 19 heavy (non-hydrogen) atoms. The topological polar surface area (TPSA) is 44.5 Å². The van der Waals surface area contributed by atoms with E-state index in [4.69, 9.17) is 14.9 Å². The van der Waals surface area contributed by atoms with E-state index in [-0.39, 0.29) is 5.04 Å². The molecule has 1 aromatic rings. The molecule has 0 aromatic heterocycles. The fraction of sp³-hybridized carbons (Fsp3) is 0.571. The van der Waals surface area contributed by atoms with Crippen LogP contribution in [-0.4, -0.2) is 21.5 Å². The molecular formula is C14H24BrNO2Si. The Labute approximate surface area is 125 Å². The van der Waals surface area contributed by atoms with Crippen molar-refractivity contribution in [2.45, 2.75) is 38.9 Å². The van der Waals surface area contributed by atoms with Crippen molar-refractivity contribution in [1.29, 1.82) is 0 Å². The van der Waals surface area contributed by atoms with Gasteiger partial charge in [-0.15, -0.1) is 0 Å². The normalized spacial score (nSPS) is 12.5. The molecule has 0 fully saturated rings. The second kappa shape index (κ2) is 6.28. The Kier molecular flexibility index (Phi) is 5.47. The molecule has 0 saturated heterocycles. The molecule has 5 heteroatoms. The van der Waals surface area contributed by atoms with Crippen molar-refractivity contribution >= 4 is 29.9 Å². The zero-order valence-corrected chi connectivity index (χ0v) is 15.0. The van der Waals surface area contributed by atoms with Crippen LogP contribution in [0.3, 0.4) is 0 Å². The SMILES string of the molecule is CC(C)(C)[Si](C)(C)OCCOc1cc(N)ccc1Br. The van der Waals surface area contributed by atoms with E-state index >= 15 is 0 Å². The van der Waals surface area contributed by atoms with Crippen molar-refractivity contribution in [2.75, 3.05) is 18.9 Å². The standard InChI is InChI=1S/C14H24BrNO2Si/c1-14(2,3)19(4,5)18-9-8-17-13-10-11(16)6-7-12(13)15/h6-7,10H,8-9,16H2,1-5H3. The van der Waals surface area contributed by atoms with Gasteiger partial charge in [0, 0.05) is 11.8 Å². The molecule has 0 aliphatic heterocycles. The molecule has 2 N–H and O–H groups in total. The molecule has 0 radical (unpaired) electrons. The Balaban J connectivity index is 2.45. The lowest BCUT2D eigenvalue weighted by atomic mass is 10.2. The summed E-state index contributed by atoms with van der Waals surface area (Å²) in [7, 11) is -1.68. The fourth-order valence-corrected chi connectivity index (χ4v) is 2.68. The number of anilines is 1. The highest BCUT2D eigenvalue weighted by Gasteiger charge is 2.36. The Morgan fingerprint density at radius 1 is 1.21 bits per heavy atom. The summed E-state index contributed by atoms with van der Waals surface area (Å²) in [5.74, 6) is 0.763. The van der Waals surface area contributed by atoms with Crippen molar-refractivity contribution < 1.29 is 9.16 Å². The summed E-state index contributed by atoms with van der Waals surface area (Å²) in [6.45, 7) is 12.3. The molecule has 1 aromatic carbocycles. The summed E-state index contributed by atoms with van der Waals surface area (Å²) in [6.07, 6.45) is 0. The van der Waals surface area contributed by atoms with Crippen molar-refractivity contribution in [2.24, 2.45) is 0 Å². The number of benzene rings is 1. The Morgan fingerprint density at radius 2 is 1.84 bits per heavy atom. The maximum absolute atomic E-state index is 6.05. The number of nitrogen functional groups attached to an aromatic ring is 1. The van der Waals surface area contributed by atoms with E-state index in [1.807, 2.05) is 18.2 Å². The zero-order chi connectivity index (χ0) is 14.7. The van der Waals surface area contributed by atoms with Crippen molar-refractivity contribution in [3.63, 3.8) is 0 Å². The Morgan fingerprint density at radius 3 is 2.42 bits per heavy atom. The highest BCUT2D eigenvalue weighted by molar-refractivity contribution is 9.10. The number of nitrogens with two attached hydrogens (primary N) is 1.